The summed E-state index contributed by atoms with van der Waals surface area (Å²) in [4.78, 5) is 29.8. The highest BCUT2D eigenvalue weighted by atomic mass is 16.2. The Bertz CT molecular complexity index is 486. The molecule has 0 aromatic heterocycles. The van der Waals surface area contributed by atoms with Crippen LogP contribution in [0.4, 0.5) is 0 Å². The fourth-order valence-electron chi connectivity index (χ4n) is 6.32. The van der Waals surface area contributed by atoms with E-state index in [0.29, 0.717) is 5.91 Å². The number of hydrogen-bond acceptors (Lipinski definition) is 2. The first kappa shape index (κ1) is 16.4. The molecular weight excluding hydrogens is 300 g/mol. The van der Waals surface area contributed by atoms with Gasteiger partial charge >= 0.3 is 0 Å². The Hall–Kier alpha value is -1.06. The Morgan fingerprint density at radius 1 is 0.917 bits per heavy atom. The molecule has 4 saturated carbocycles. The first-order chi connectivity index (χ1) is 11.5. The summed E-state index contributed by atoms with van der Waals surface area (Å²) in [5.41, 5.74) is -0.0301. The summed E-state index contributed by atoms with van der Waals surface area (Å²) < 4.78 is 0. The molecule has 0 N–H and O–H groups in total. The van der Waals surface area contributed by atoms with E-state index in [1.54, 1.807) is 0 Å². The first-order valence-electron chi connectivity index (χ1n) is 10.1. The predicted molar refractivity (Wildman–Crippen MR) is 93.2 cm³/mol. The third-order valence-electron chi connectivity index (χ3n) is 7.40. The Labute approximate surface area is 145 Å². The number of amides is 2. The molecule has 4 heteroatoms. The molecule has 1 unspecified atom stereocenters. The maximum atomic E-state index is 13.3. The topological polar surface area (TPSA) is 40.6 Å². The van der Waals surface area contributed by atoms with Gasteiger partial charge in [-0.25, -0.2) is 0 Å². The van der Waals surface area contributed by atoms with E-state index >= 15 is 0 Å². The highest BCUT2D eigenvalue weighted by Gasteiger charge is 2.55. The minimum absolute atomic E-state index is 0.0301. The summed E-state index contributed by atoms with van der Waals surface area (Å²) >= 11 is 0. The van der Waals surface area contributed by atoms with Crippen molar-refractivity contribution in [2.75, 3.05) is 26.2 Å². The molecule has 1 aliphatic heterocycles. The van der Waals surface area contributed by atoms with E-state index in [-0.39, 0.29) is 17.2 Å². The van der Waals surface area contributed by atoms with Crippen LogP contribution in [-0.4, -0.2) is 47.8 Å². The van der Waals surface area contributed by atoms with E-state index in [9.17, 15) is 9.59 Å². The fraction of sp³-hybridized carbons (Fsp3) is 0.900. The van der Waals surface area contributed by atoms with Gasteiger partial charge in [0, 0.05) is 32.1 Å². The molecule has 0 aromatic carbocycles. The van der Waals surface area contributed by atoms with E-state index in [4.69, 9.17) is 0 Å². The summed E-state index contributed by atoms with van der Waals surface area (Å²) in [5.74, 6) is 3.24. The van der Waals surface area contributed by atoms with Crippen LogP contribution < -0.4 is 0 Å². The third kappa shape index (κ3) is 2.66. The van der Waals surface area contributed by atoms with Crippen molar-refractivity contribution in [3.8, 4) is 0 Å². The summed E-state index contributed by atoms with van der Waals surface area (Å²) in [6, 6.07) is 0. The van der Waals surface area contributed by atoms with E-state index in [1.165, 1.54) is 19.3 Å². The van der Waals surface area contributed by atoms with Gasteiger partial charge in [0.2, 0.25) is 11.8 Å². The van der Waals surface area contributed by atoms with Gasteiger partial charge in [-0.3, -0.25) is 9.59 Å². The third-order valence-corrected chi connectivity index (χ3v) is 7.40. The van der Waals surface area contributed by atoms with Gasteiger partial charge in [0.1, 0.15) is 0 Å². The maximum absolute atomic E-state index is 13.3. The lowest BCUT2D eigenvalue weighted by Crippen LogP contribution is -2.59. The standard InChI is InChI=1S/C20H32N2O2/c1-3-14(2)18(23)21-4-6-22(7-5-21)19(24)20-11-15-8-16(12-20)10-17(9-15)13-20/h14-17H,3-13H2,1-2H3. The van der Waals surface area contributed by atoms with Gasteiger partial charge in [-0.15, -0.1) is 0 Å². The van der Waals surface area contributed by atoms with Crippen molar-refractivity contribution in [1.82, 2.24) is 9.80 Å². The molecule has 24 heavy (non-hydrogen) atoms. The highest BCUT2D eigenvalue weighted by molar-refractivity contribution is 5.84. The molecule has 1 saturated heterocycles. The van der Waals surface area contributed by atoms with Crippen LogP contribution in [0.1, 0.15) is 58.8 Å². The second-order valence-electron chi connectivity index (χ2n) is 9.12. The van der Waals surface area contributed by atoms with E-state index in [0.717, 1.165) is 69.6 Å². The van der Waals surface area contributed by atoms with Gasteiger partial charge in [0.05, 0.1) is 5.41 Å². The van der Waals surface area contributed by atoms with Crippen LogP contribution in [0.2, 0.25) is 0 Å². The minimum atomic E-state index is -0.0301. The number of carbonyl (C=O) groups excluding carboxylic acids is 2. The van der Waals surface area contributed by atoms with Crippen LogP contribution in [0.15, 0.2) is 0 Å². The second-order valence-corrected chi connectivity index (χ2v) is 9.12. The minimum Gasteiger partial charge on any atom is -0.339 e. The van der Waals surface area contributed by atoms with Crippen LogP contribution in [0.25, 0.3) is 0 Å². The number of nitrogens with zero attached hydrogens (tertiary/aromatic N) is 2. The number of piperazine rings is 1. The lowest BCUT2D eigenvalue weighted by molar-refractivity contribution is -0.161. The van der Waals surface area contributed by atoms with Crippen LogP contribution in [-0.2, 0) is 9.59 Å². The Morgan fingerprint density at radius 3 is 1.83 bits per heavy atom. The van der Waals surface area contributed by atoms with Gasteiger partial charge in [-0.05, 0) is 62.7 Å². The normalized spacial score (nSPS) is 39.2. The quantitative estimate of drug-likeness (QED) is 0.797. The highest BCUT2D eigenvalue weighted by Crippen LogP contribution is 2.60. The molecule has 4 nitrogen and oxygen atoms in total. The second kappa shape index (κ2) is 6.03. The van der Waals surface area contributed by atoms with Crippen molar-refractivity contribution in [3.63, 3.8) is 0 Å². The van der Waals surface area contributed by atoms with Gasteiger partial charge < -0.3 is 9.80 Å². The summed E-state index contributed by atoms with van der Waals surface area (Å²) in [7, 11) is 0. The molecule has 4 aliphatic carbocycles. The number of carbonyl (C=O) groups is 2. The molecule has 134 valence electrons. The molecule has 0 aromatic rings. The summed E-state index contributed by atoms with van der Waals surface area (Å²) in [6.07, 6.45) is 8.46. The predicted octanol–water partition coefficient (Wildman–Crippen LogP) is 2.92. The Balaban J connectivity index is 1.39. The van der Waals surface area contributed by atoms with E-state index < -0.39 is 0 Å². The molecule has 5 fully saturated rings. The van der Waals surface area contributed by atoms with E-state index in [1.807, 2.05) is 11.8 Å². The summed E-state index contributed by atoms with van der Waals surface area (Å²) in [6.45, 7) is 7.00. The van der Waals surface area contributed by atoms with Crippen LogP contribution in [0.5, 0.6) is 0 Å². The van der Waals surface area contributed by atoms with Gasteiger partial charge in [0.25, 0.3) is 0 Å². The molecule has 4 bridgehead atoms. The largest absolute Gasteiger partial charge is 0.339 e. The van der Waals surface area contributed by atoms with E-state index in [2.05, 4.69) is 11.8 Å². The van der Waals surface area contributed by atoms with Crippen LogP contribution >= 0.6 is 0 Å². The first-order valence-corrected chi connectivity index (χ1v) is 10.1. The zero-order valence-corrected chi connectivity index (χ0v) is 15.3. The zero-order chi connectivity index (χ0) is 16.9. The summed E-state index contributed by atoms with van der Waals surface area (Å²) in [5, 5.41) is 0. The number of rotatable bonds is 3. The average Bonchev–Trinajstić information content (AvgIpc) is 2.58. The van der Waals surface area contributed by atoms with Gasteiger partial charge in [-0.1, -0.05) is 13.8 Å². The average molecular weight is 332 g/mol. The maximum Gasteiger partial charge on any atom is 0.228 e. The Morgan fingerprint density at radius 2 is 1.38 bits per heavy atom. The van der Waals surface area contributed by atoms with Crippen molar-refractivity contribution < 1.29 is 9.59 Å². The molecule has 1 heterocycles. The SMILES string of the molecule is CCC(C)C(=O)N1CCN(C(=O)C23CC4CC(CC(C4)C2)C3)CC1. The van der Waals surface area contributed by atoms with Crippen molar-refractivity contribution in [3.05, 3.63) is 0 Å². The Kier molecular flexibility index (Phi) is 4.12. The van der Waals surface area contributed by atoms with Crippen LogP contribution in [0, 0.1) is 29.1 Å². The monoisotopic (exact) mass is 332 g/mol. The lowest BCUT2D eigenvalue weighted by Gasteiger charge is -2.57. The molecule has 5 rings (SSSR count). The fourth-order valence-corrected chi connectivity index (χ4v) is 6.32. The number of hydrogen-bond donors (Lipinski definition) is 0. The molecule has 0 radical (unpaired) electrons. The van der Waals surface area contributed by atoms with Crippen molar-refractivity contribution in [2.45, 2.75) is 58.8 Å². The van der Waals surface area contributed by atoms with Crippen molar-refractivity contribution in [1.29, 1.82) is 0 Å². The molecule has 2 amide bonds. The lowest BCUT2D eigenvalue weighted by atomic mass is 9.49. The zero-order valence-electron chi connectivity index (χ0n) is 15.3. The molecule has 1 atom stereocenters. The van der Waals surface area contributed by atoms with Gasteiger partial charge in [-0.2, -0.15) is 0 Å². The smallest absolute Gasteiger partial charge is 0.228 e. The van der Waals surface area contributed by atoms with Crippen molar-refractivity contribution in [2.24, 2.45) is 29.1 Å². The molecule has 5 aliphatic rings. The van der Waals surface area contributed by atoms with Crippen molar-refractivity contribution >= 4 is 11.8 Å². The molecule has 0 spiro atoms. The van der Waals surface area contributed by atoms with Crippen LogP contribution in [0.3, 0.4) is 0 Å². The molecular formula is C20H32N2O2. The van der Waals surface area contributed by atoms with Gasteiger partial charge in [0.15, 0.2) is 0 Å².